The van der Waals surface area contributed by atoms with Gasteiger partial charge in [-0.15, -0.1) is 12.4 Å². The van der Waals surface area contributed by atoms with Gasteiger partial charge in [0.25, 0.3) is 5.91 Å². The van der Waals surface area contributed by atoms with Crippen LogP contribution in [0.25, 0.3) is 0 Å². The molecule has 1 heterocycles. The number of halogens is 2. The highest BCUT2D eigenvalue weighted by molar-refractivity contribution is 14.1. The lowest BCUT2D eigenvalue weighted by Gasteiger charge is -2.20. The topological polar surface area (TPSA) is 41.6 Å². The third kappa shape index (κ3) is 4.22. The third-order valence-corrected chi connectivity index (χ3v) is 3.93. The van der Waals surface area contributed by atoms with E-state index in [-0.39, 0.29) is 18.3 Å². The van der Waals surface area contributed by atoms with E-state index in [1.54, 1.807) is 7.11 Å². The standard InChI is InChI=1S/C13H17IN2O2.ClH/c1-18-10-3-4-11(12(14)9-10)13(17)16-7-2-5-15-6-8-16;/h3-4,9,15H,2,5-8H2,1H3;1H. The van der Waals surface area contributed by atoms with Gasteiger partial charge in [0.05, 0.1) is 12.7 Å². The Labute approximate surface area is 133 Å². The van der Waals surface area contributed by atoms with Crippen LogP contribution in [0.1, 0.15) is 16.8 Å². The first-order chi connectivity index (χ1) is 8.72. The Bertz CT molecular complexity index is 435. The van der Waals surface area contributed by atoms with Gasteiger partial charge in [0.1, 0.15) is 5.75 Å². The van der Waals surface area contributed by atoms with Gasteiger partial charge in [0.2, 0.25) is 0 Å². The maximum Gasteiger partial charge on any atom is 0.254 e. The van der Waals surface area contributed by atoms with E-state index in [1.807, 2.05) is 23.1 Å². The molecule has 1 amide bonds. The molecule has 19 heavy (non-hydrogen) atoms. The van der Waals surface area contributed by atoms with Crippen LogP contribution in [0.5, 0.6) is 5.75 Å². The molecule has 0 bridgehead atoms. The molecule has 1 aliphatic heterocycles. The lowest BCUT2D eigenvalue weighted by Crippen LogP contribution is -2.34. The van der Waals surface area contributed by atoms with E-state index in [4.69, 9.17) is 4.74 Å². The Kier molecular flexibility index (Phi) is 6.88. The van der Waals surface area contributed by atoms with E-state index in [0.717, 1.165) is 47.5 Å². The van der Waals surface area contributed by atoms with Crippen LogP contribution in [-0.2, 0) is 0 Å². The van der Waals surface area contributed by atoms with Crippen molar-refractivity contribution in [2.75, 3.05) is 33.3 Å². The van der Waals surface area contributed by atoms with Crippen LogP contribution < -0.4 is 10.1 Å². The predicted octanol–water partition coefficient (Wildman–Crippen LogP) is 2.16. The molecule has 1 aromatic carbocycles. The zero-order valence-electron chi connectivity index (χ0n) is 10.8. The monoisotopic (exact) mass is 396 g/mol. The molecule has 0 atom stereocenters. The van der Waals surface area contributed by atoms with Gasteiger partial charge in [-0.3, -0.25) is 4.79 Å². The number of benzene rings is 1. The average Bonchev–Trinajstić information content (AvgIpc) is 2.66. The first-order valence-corrected chi connectivity index (χ1v) is 7.14. The van der Waals surface area contributed by atoms with E-state index >= 15 is 0 Å². The number of ether oxygens (including phenoxy) is 1. The van der Waals surface area contributed by atoms with Gasteiger partial charge < -0.3 is 15.0 Å². The number of hydrogen-bond acceptors (Lipinski definition) is 3. The molecule has 0 aliphatic carbocycles. The summed E-state index contributed by atoms with van der Waals surface area (Å²) in [4.78, 5) is 14.3. The number of nitrogens with one attached hydrogen (secondary N) is 1. The summed E-state index contributed by atoms with van der Waals surface area (Å²) in [5.74, 6) is 0.902. The molecular weight excluding hydrogens is 379 g/mol. The average molecular weight is 397 g/mol. The summed E-state index contributed by atoms with van der Waals surface area (Å²) in [5.41, 5.74) is 0.762. The number of nitrogens with zero attached hydrogens (tertiary/aromatic N) is 1. The second-order valence-electron chi connectivity index (χ2n) is 4.24. The summed E-state index contributed by atoms with van der Waals surface area (Å²) in [6, 6.07) is 5.58. The van der Waals surface area contributed by atoms with Crippen LogP contribution in [0.15, 0.2) is 18.2 Å². The number of amides is 1. The van der Waals surface area contributed by atoms with Gasteiger partial charge in [0.15, 0.2) is 0 Å². The number of hydrogen-bond donors (Lipinski definition) is 1. The molecule has 1 fully saturated rings. The smallest absolute Gasteiger partial charge is 0.254 e. The first-order valence-electron chi connectivity index (χ1n) is 6.06. The second-order valence-corrected chi connectivity index (χ2v) is 5.40. The highest BCUT2D eigenvalue weighted by Gasteiger charge is 2.19. The quantitative estimate of drug-likeness (QED) is 0.779. The van der Waals surface area contributed by atoms with Crippen LogP contribution in [0.3, 0.4) is 0 Å². The minimum Gasteiger partial charge on any atom is -0.497 e. The van der Waals surface area contributed by atoms with Gasteiger partial charge in [-0.1, -0.05) is 0 Å². The fourth-order valence-corrected chi connectivity index (χ4v) is 2.73. The Morgan fingerprint density at radius 3 is 2.84 bits per heavy atom. The summed E-state index contributed by atoms with van der Waals surface area (Å²) in [6.45, 7) is 3.47. The molecule has 6 heteroatoms. The summed E-state index contributed by atoms with van der Waals surface area (Å²) in [6.07, 6.45) is 1.01. The maximum absolute atomic E-state index is 12.4. The molecule has 0 unspecified atom stereocenters. The van der Waals surface area contributed by atoms with Crippen molar-refractivity contribution < 1.29 is 9.53 Å². The lowest BCUT2D eigenvalue weighted by molar-refractivity contribution is 0.0765. The van der Waals surface area contributed by atoms with Gasteiger partial charge in [0, 0.05) is 23.2 Å². The summed E-state index contributed by atoms with van der Waals surface area (Å²) in [7, 11) is 1.63. The van der Waals surface area contributed by atoms with Gasteiger partial charge in [-0.2, -0.15) is 0 Å². The normalized spacial score (nSPS) is 15.4. The maximum atomic E-state index is 12.4. The van der Waals surface area contributed by atoms with Crippen LogP contribution in [0, 0.1) is 3.57 Å². The molecule has 0 saturated carbocycles. The molecule has 1 N–H and O–H groups in total. The second kappa shape index (κ2) is 7.91. The highest BCUT2D eigenvalue weighted by atomic mass is 127. The first kappa shape index (κ1) is 16.5. The van der Waals surface area contributed by atoms with Crippen molar-refractivity contribution in [3.8, 4) is 5.75 Å². The summed E-state index contributed by atoms with van der Waals surface area (Å²) >= 11 is 2.19. The number of rotatable bonds is 2. The lowest BCUT2D eigenvalue weighted by atomic mass is 10.2. The Balaban J connectivity index is 0.00000180. The molecule has 2 rings (SSSR count). The van der Waals surface area contributed by atoms with Gasteiger partial charge in [-0.25, -0.2) is 0 Å². The fraction of sp³-hybridized carbons (Fsp3) is 0.462. The van der Waals surface area contributed by atoms with Gasteiger partial charge in [-0.05, 0) is 53.8 Å². The SMILES string of the molecule is COc1ccc(C(=O)N2CCCNCC2)c(I)c1.Cl. The fourth-order valence-electron chi connectivity index (χ4n) is 2.02. The molecule has 0 spiro atoms. The van der Waals surface area contributed by atoms with E-state index in [2.05, 4.69) is 27.9 Å². The van der Waals surface area contributed by atoms with E-state index in [0.29, 0.717) is 0 Å². The Morgan fingerprint density at radius 2 is 2.16 bits per heavy atom. The number of carbonyl (C=O) groups excluding carboxylic acids is 1. The van der Waals surface area contributed by atoms with E-state index < -0.39 is 0 Å². The zero-order valence-corrected chi connectivity index (χ0v) is 13.8. The Hall–Kier alpha value is -0.530. The van der Waals surface area contributed by atoms with Crippen molar-refractivity contribution in [1.82, 2.24) is 10.2 Å². The van der Waals surface area contributed by atoms with E-state index in [1.165, 1.54) is 0 Å². The minimum atomic E-state index is 0. The van der Waals surface area contributed by atoms with Crippen LogP contribution >= 0.6 is 35.0 Å². The van der Waals surface area contributed by atoms with Crippen molar-refractivity contribution in [2.24, 2.45) is 0 Å². The van der Waals surface area contributed by atoms with Gasteiger partial charge >= 0.3 is 0 Å². The van der Waals surface area contributed by atoms with E-state index in [9.17, 15) is 4.79 Å². The number of methoxy groups -OCH3 is 1. The van der Waals surface area contributed by atoms with Crippen LogP contribution in [0.2, 0.25) is 0 Å². The van der Waals surface area contributed by atoms with Crippen molar-refractivity contribution in [3.63, 3.8) is 0 Å². The highest BCUT2D eigenvalue weighted by Crippen LogP contribution is 2.21. The summed E-state index contributed by atoms with van der Waals surface area (Å²) in [5, 5.41) is 3.30. The zero-order chi connectivity index (χ0) is 13.0. The van der Waals surface area contributed by atoms with Crippen molar-refractivity contribution in [3.05, 3.63) is 27.3 Å². The van der Waals surface area contributed by atoms with Crippen molar-refractivity contribution in [1.29, 1.82) is 0 Å². The van der Waals surface area contributed by atoms with Crippen molar-refractivity contribution >= 4 is 40.9 Å². The molecular formula is C13H18ClIN2O2. The third-order valence-electron chi connectivity index (χ3n) is 3.03. The molecule has 1 aliphatic rings. The number of carbonyl (C=O) groups is 1. The minimum absolute atomic E-state index is 0. The molecule has 0 aromatic heterocycles. The molecule has 106 valence electrons. The Morgan fingerprint density at radius 1 is 1.37 bits per heavy atom. The van der Waals surface area contributed by atoms with Crippen molar-refractivity contribution in [2.45, 2.75) is 6.42 Å². The molecule has 0 radical (unpaired) electrons. The summed E-state index contributed by atoms with van der Waals surface area (Å²) < 4.78 is 6.09. The molecule has 4 nitrogen and oxygen atoms in total. The molecule has 1 saturated heterocycles. The molecule has 1 aromatic rings. The van der Waals surface area contributed by atoms with Crippen LogP contribution in [0.4, 0.5) is 0 Å². The predicted molar refractivity (Wildman–Crippen MR) is 86.3 cm³/mol. The van der Waals surface area contributed by atoms with Crippen LogP contribution in [-0.4, -0.2) is 44.1 Å². The largest absolute Gasteiger partial charge is 0.497 e.